The van der Waals surface area contributed by atoms with Crippen LogP contribution in [0.4, 0.5) is 0 Å². The molecule has 0 aliphatic heterocycles. The summed E-state index contributed by atoms with van der Waals surface area (Å²) in [5, 5.41) is 15.8. The fourth-order valence-corrected chi connectivity index (χ4v) is 1.89. The molecule has 0 radical (unpaired) electrons. The summed E-state index contributed by atoms with van der Waals surface area (Å²) in [7, 11) is 0. The van der Waals surface area contributed by atoms with Crippen molar-refractivity contribution in [2.45, 2.75) is 39.3 Å². The van der Waals surface area contributed by atoms with Crippen molar-refractivity contribution in [2.75, 3.05) is 0 Å². The molecule has 0 atom stereocenters. The van der Waals surface area contributed by atoms with E-state index >= 15 is 0 Å². The van der Waals surface area contributed by atoms with E-state index in [0.29, 0.717) is 12.3 Å². The van der Waals surface area contributed by atoms with E-state index < -0.39 is 0 Å². The summed E-state index contributed by atoms with van der Waals surface area (Å²) in [6.07, 6.45) is 0. The number of nitrogens with zero attached hydrogens (tertiary/aromatic N) is 1. The number of hydrogen-bond donors (Lipinski definition) is 2. The quantitative estimate of drug-likeness (QED) is 0.906. The zero-order chi connectivity index (χ0) is 15.5. The smallest absolute Gasteiger partial charge is 0.273 e. The first-order valence-corrected chi connectivity index (χ1v) is 6.85. The molecule has 2 aromatic rings. The maximum atomic E-state index is 12.1. The van der Waals surface area contributed by atoms with Crippen LogP contribution in [0.25, 0.3) is 0 Å². The van der Waals surface area contributed by atoms with Crippen molar-refractivity contribution >= 4 is 5.91 Å². The van der Waals surface area contributed by atoms with Crippen molar-refractivity contribution < 1.29 is 14.4 Å². The maximum absolute atomic E-state index is 12.1. The molecule has 0 bridgehead atoms. The van der Waals surface area contributed by atoms with Crippen LogP contribution >= 0.6 is 0 Å². The second-order valence-electron chi connectivity index (χ2n) is 5.94. The van der Waals surface area contributed by atoms with E-state index in [0.717, 1.165) is 11.1 Å². The SMILES string of the molecule is CC(C)(C)c1cc(C(=O)NCc2ccccc2CO)no1. The van der Waals surface area contributed by atoms with E-state index in [4.69, 9.17) is 4.52 Å². The molecular weight excluding hydrogens is 268 g/mol. The van der Waals surface area contributed by atoms with Crippen LogP contribution in [0, 0.1) is 0 Å². The number of benzene rings is 1. The summed E-state index contributed by atoms with van der Waals surface area (Å²) in [6.45, 7) is 6.27. The number of aromatic nitrogens is 1. The van der Waals surface area contributed by atoms with E-state index in [9.17, 15) is 9.90 Å². The lowest BCUT2D eigenvalue weighted by Gasteiger charge is -2.12. The molecule has 0 aliphatic rings. The Morgan fingerprint density at radius 1 is 1.29 bits per heavy atom. The van der Waals surface area contributed by atoms with Crippen molar-refractivity contribution in [1.82, 2.24) is 10.5 Å². The predicted octanol–water partition coefficient (Wildman–Crippen LogP) is 2.39. The van der Waals surface area contributed by atoms with Gasteiger partial charge in [-0.1, -0.05) is 50.2 Å². The first-order valence-electron chi connectivity index (χ1n) is 6.85. The lowest BCUT2D eigenvalue weighted by Crippen LogP contribution is -2.23. The average Bonchev–Trinajstić information content (AvgIpc) is 2.95. The van der Waals surface area contributed by atoms with Gasteiger partial charge in [-0.3, -0.25) is 4.79 Å². The van der Waals surface area contributed by atoms with Gasteiger partial charge in [0, 0.05) is 18.0 Å². The zero-order valence-corrected chi connectivity index (χ0v) is 12.5. The van der Waals surface area contributed by atoms with Gasteiger partial charge >= 0.3 is 0 Å². The Morgan fingerprint density at radius 2 is 1.95 bits per heavy atom. The van der Waals surface area contributed by atoms with Crippen LogP contribution in [0.5, 0.6) is 0 Å². The molecule has 0 unspecified atom stereocenters. The van der Waals surface area contributed by atoms with Gasteiger partial charge in [-0.25, -0.2) is 0 Å². The molecule has 5 heteroatoms. The molecule has 0 saturated heterocycles. The molecule has 1 aromatic heterocycles. The summed E-state index contributed by atoms with van der Waals surface area (Å²) in [5.41, 5.74) is 1.76. The second-order valence-corrected chi connectivity index (χ2v) is 5.94. The van der Waals surface area contributed by atoms with Crippen LogP contribution in [-0.2, 0) is 18.6 Å². The van der Waals surface area contributed by atoms with Gasteiger partial charge in [0.25, 0.3) is 5.91 Å². The van der Waals surface area contributed by atoms with Crippen molar-refractivity contribution in [2.24, 2.45) is 0 Å². The molecule has 1 amide bonds. The molecule has 2 N–H and O–H groups in total. The number of carbonyl (C=O) groups is 1. The van der Waals surface area contributed by atoms with E-state index in [2.05, 4.69) is 10.5 Å². The molecule has 0 aliphatic carbocycles. The maximum Gasteiger partial charge on any atom is 0.273 e. The Kier molecular flexibility index (Phi) is 4.43. The number of amides is 1. The molecule has 1 aromatic carbocycles. The second kappa shape index (κ2) is 6.10. The van der Waals surface area contributed by atoms with Crippen molar-refractivity contribution in [3.63, 3.8) is 0 Å². The molecule has 0 spiro atoms. The van der Waals surface area contributed by atoms with Crippen molar-refractivity contribution in [1.29, 1.82) is 0 Å². The highest BCUT2D eigenvalue weighted by Gasteiger charge is 2.22. The third-order valence-electron chi connectivity index (χ3n) is 3.21. The number of hydrogen-bond acceptors (Lipinski definition) is 4. The van der Waals surface area contributed by atoms with Crippen LogP contribution in [-0.4, -0.2) is 16.2 Å². The third kappa shape index (κ3) is 3.70. The van der Waals surface area contributed by atoms with Crippen LogP contribution in [0.2, 0.25) is 0 Å². The Hall–Kier alpha value is -2.14. The van der Waals surface area contributed by atoms with E-state index in [-0.39, 0.29) is 23.6 Å². The minimum Gasteiger partial charge on any atom is -0.392 e. The van der Waals surface area contributed by atoms with Crippen LogP contribution < -0.4 is 5.32 Å². The lowest BCUT2D eigenvalue weighted by atomic mass is 9.93. The molecule has 21 heavy (non-hydrogen) atoms. The van der Waals surface area contributed by atoms with E-state index in [1.54, 1.807) is 6.07 Å². The number of aliphatic hydroxyl groups excluding tert-OH is 1. The van der Waals surface area contributed by atoms with Crippen molar-refractivity contribution in [3.8, 4) is 0 Å². The summed E-state index contributed by atoms with van der Waals surface area (Å²) in [4.78, 5) is 12.1. The molecular formula is C16H20N2O3. The topological polar surface area (TPSA) is 75.4 Å². The molecule has 0 saturated carbocycles. The standard InChI is InChI=1S/C16H20N2O3/c1-16(2,3)14-8-13(18-21-14)15(20)17-9-11-6-4-5-7-12(11)10-19/h4-8,19H,9-10H2,1-3H3,(H,17,20). The molecule has 5 nitrogen and oxygen atoms in total. The lowest BCUT2D eigenvalue weighted by molar-refractivity contribution is 0.0941. The van der Waals surface area contributed by atoms with Gasteiger partial charge in [0.15, 0.2) is 5.69 Å². The van der Waals surface area contributed by atoms with Gasteiger partial charge < -0.3 is 14.9 Å². The first kappa shape index (κ1) is 15.3. The number of aliphatic hydroxyl groups is 1. The minimum absolute atomic E-state index is 0.0514. The Labute approximate surface area is 124 Å². The number of nitrogens with one attached hydrogen (secondary N) is 1. The highest BCUT2D eigenvalue weighted by atomic mass is 16.5. The summed E-state index contributed by atoms with van der Waals surface area (Å²) in [5.74, 6) is 0.380. The molecule has 1 heterocycles. The van der Waals surface area contributed by atoms with Gasteiger partial charge in [0.2, 0.25) is 0 Å². The molecule has 0 fully saturated rings. The summed E-state index contributed by atoms with van der Waals surface area (Å²) >= 11 is 0. The Bertz CT molecular complexity index is 626. The van der Waals surface area contributed by atoms with Gasteiger partial charge in [0.05, 0.1) is 6.61 Å². The molecule has 112 valence electrons. The molecule has 2 rings (SSSR count). The number of carbonyl (C=O) groups excluding carboxylic acids is 1. The first-order chi connectivity index (χ1) is 9.91. The van der Waals surface area contributed by atoms with Crippen molar-refractivity contribution in [3.05, 3.63) is 52.9 Å². The predicted molar refractivity (Wildman–Crippen MR) is 78.7 cm³/mol. The van der Waals surface area contributed by atoms with E-state index in [1.165, 1.54) is 0 Å². The Balaban J connectivity index is 2.03. The van der Waals surface area contributed by atoms with Gasteiger partial charge in [-0.05, 0) is 11.1 Å². The monoisotopic (exact) mass is 288 g/mol. The highest BCUT2D eigenvalue weighted by Crippen LogP contribution is 2.22. The largest absolute Gasteiger partial charge is 0.392 e. The van der Waals surface area contributed by atoms with Crippen LogP contribution in [0.15, 0.2) is 34.9 Å². The fraction of sp³-hybridized carbons (Fsp3) is 0.375. The Morgan fingerprint density at radius 3 is 2.52 bits per heavy atom. The highest BCUT2D eigenvalue weighted by molar-refractivity contribution is 5.92. The fourth-order valence-electron chi connectivity index (χ4n) is 1.89. The summed E-state index contributed by atoms with van der Waals surface area (Å²) < 4.78 is 5.20. The van der Waals surface area contributed by atoms with E-state index in [1.807, 2.05) is 45.0 Å². The normalized spacial score (nSPS) is 11.4. The zero-order valence-electron chi connectivity index (χ0n) is 12.5. The van der Waals surface area contributed by atoms with Gasteiger partial charge in [0.1, 0.15) is 5.76 Å². The summed E-state index contributed by atoms with van der Waals surface area (Å²) in [6, 6.07) is 9.08. The average molecular weight is 288 g/mol. The van der Waals surface area contributed by atoms with Gasteiger partial charge in [-0.2, -0.15) is 0 Å². The number of rotatable bonds is 4. The minimum atomic E-state index is -0.290. The third-order valence-corrected chi connectivity index (χ3v) is 3.21. The van der Waals surface area contributed by atoms with Crippen LogP contribution in [0.3, 0.4) is 0 Å². The van der Waals surface area contributed by atoms with Gasteiger partial charge in [-0.15, -0.1) is 0 Å². The van der Waals surface area contributed by atoms with Crippen LogP contribution in [0.1, 0.15) is 48.1 Å².